The zero-order valence-corrected chi connectivity index (χ0v) is 8.57. The van der Waals surface area contributed by atoms with Crippen molar-refractivity contribution in [3.8, 4) is 0 Å². The molecule has 0 atom stereocenters. The van der Waals surface area contributed by atoms with Crippen LogP contribution in [0.25, 0.3) is 0 Å². The number of esters is 3. The molecule has 0 aromatic heterocycles. The molecule has 0 aromatic carbocycles. The summed E-state index contributed by atoms with van der Waals surface area (Å²) < 4.78 is 14.2. The van der Waals surface area contributed by atoms with Gasteiger partial charge in [-0.25, -0.2) is 0 Å². The highest BCUT2D eigenvalue weighted by molar-refractivity contribution is 5.93. The molecule has 1 fully saturated rings. The van der Waals surface area contributed by atoms with E-state index in [0.29, 0.717) is 0 Å². The molecule has 0 unspecified atom stereocenters. The molecule has 15 heavy (non-hydrogen) atoms. The van der Waals surface area contributed by atoms with Crippen LogP contribution in [-0.2, 0) is 28.6 Å². The molecule has 1 heterocycles. The van der Waals surface area contributed by atoms with Crippen LogP contribution in [0.5, 0.6) is 0 Å². The van der Waals surface area contributed by atoms with E-state index in [4.69, 9.17) is 9.47 Å². The van der Waals surface area contributed by atoms with Gasteiger partial charge >= 0.3 is 17.9 Å². The highest BCUT2D eigenvalue weighted by Crippen LogP contribution is 2.24. The van der Waals surface area contributed by atoms with Crippen molar-refractivity contribution in [1.82, 2.24) is 0 Å². The van der Waals surface area contributed by atoms with Crippen LogP contribution in [-0.4, -0.2) is 30.3 Å². The van der Waals surface area contributed by atoms with Gasteiger partial charge in [0.15, 0.2) is 0 Å². The minimum Gasteiger partial charge on any atom is -0.466 e. The largest absolute Gasteiger partial charge is 0.466 e. The van der Waals surface area contributed by atoms with Crippen molar-refractivity contribution in [1.29, 1.82) is 0 Å². The Balaban J connectivity index is 2.61. The van der Waals surface area contributed by atoms with Crippen molar-refractivity contribution in [2.75, 3.05) is 6.61 Å². The van der Waals surface area contributed by atoms with Crippen LogP contribution in [0.3, 0.4) is 0 Å². The number of cyclic esters (lactones) is 2. The zero-order chi connectivity index (χ0) is 11.5. The van der Waals surface area contributed by atoms with E-state index in [2.05, 4.69) is 4.74 Å². The van der Waals surface area contributed by atoms with E-state index < -0.39 is 30.1 Å². The lowest BCUT2D eigenvalue weighted by Crippen LogP contribution is -2.44. The smallest absolute Gasteiger partial charge is 0.320 e. The van der Waals surface area contributed by atoms with Crippen molar-refractivity contribution in [2.24, 2.45) is 0 Å². The van der Waals surface area contributed by atoms with Crippen LogP contribution in [0.2, 0.25) is 0 Å². The predicted octanol–water partition coefficient (Wildman–Crippen LogP) is 0.146. The Hall–Kier alpha value is -1.59. The number of rotatable bonds is 3. The molecule has 1 aliphatic rings. The maximum absolute atomic E-state index is 11.1. The standard InChI is InChI=1S/C9H12O6/c1-3-13-8(12)5-9(2)14-6(10)4-7(11)15-9/h3-5H2,1-2H3. The van der Waals surface area contributed by atoms with Crippen LogP contribution < -0.4 is 0 Å². The van der Waals surface area contributed by atoms with Crippen LogP contribution in [0.15, 0.2) is 0 Å². The van der Waals surface area contributed by atoms with Gasteiger partial charge < -0.3 is 14.2 Å². The van der Waals surface area contributed by atoms with Gasteiger partial charge in [0.1, 0.15) is 12.8 Å². The normalized spacial score (nSPS) is 19.1. The van der Waals surface area contributed by atoms with Gasteiger partial charge in [0.05, 0.1) is 6.61 Å². The highest BCUT2D eigenvalue weighted by atomic mass is 16.7. The minimum atomic E-state index is -1.53. The monoisotopic (exact) mass is 216 g/mol. The van der Waals surface area contributed by atoms with Gasteiger partial charge in [-0.3, -0.25) is 14.4 Å². The summed E-state index contributed by atoms with van der Waals surface area (Å²) in [7, 11) is 0. The molecule has 6 heteroatoms. The summed E-state index contributed by atoms with van der Waals surface area (Å²) in [6.45, 7) is 3.22. The minimum absolute atomic E-state index is 0.219. The lowest BCUT2D eigenvalue weighted by atomic mass is 10.2. The molecule has 0 spiro atoms. The van der Waals surface area contributed by atoms with Gasteiger partial charge in [-0.2, -0.15) is 0 Å². The number of carbonyl (C=O) groups excluding carboxylic acids is 3. The van der Waals surface area contributed by atoms with E-state index in [1.807, 2.05) is 0 Å². The summed E-state index contributed by atoms with van der Waals surface area (Å²) in [6, 6.07) is 0. The summed E-state index contributed by atoms with van der Waals surface area (Å²) in [5, 5.41) is 0. The van der Waals surface area contributed by atoms with E-state index >= 15 is 0 Å². The van der Waals surface area contributed by atoms with Gasteiger partial charge in [0.25, 0.3) is 5.79 Å². The summed E-state index contributed by atoms with van der Waals surface area (Å²) in [6.07, 6.45) is -0.712. The van der Waals surface area contributed by atoms with E-state index in [1.54, 1.807) is 6.92 Å². The van der Waals surface area contributed by atoms with Crippen LogP contribution in [0, 0.1) is 0 Å². The number of carbonyl (C=O) groups is 3. The quantitative estimate of drug-likeness (QED) is 0.493. The fraction of sp³-hybridized carbons (Fsp3) is 0.667. The van der Waals surface area contributed by atoms with E-state index in [9.17, 15) is 14.4 Å². The maximum Gasteiger partial charge on any atom is 0.320 e. The second kappa shape index (κ2) is 4.29. The average Bonchev–Trinajstić information content (AvgIpc) is 1.99. The van der Waals surface area contributed by atoms with Gasteiger partial charge in [0.2, 0.25) is 0 Å². The second-order valence-corrected chi connectivity index (χ2v) is 3.24. The van der Waals surface area contributed by atoms with Gasteiger partial charge in [-0.05, 0) is 6.92 Å². The van der Waals surface area contributed by atoms with Crippen molar-refractivity contribution in [3.63, 3.8) is 0 Å². The van der Waals surface area contributed by atoms with Gasteiger partial charge in [-0.1, -0.05) is 0 Å². The lowest BCUT2D eigenvalue weighted by Gasteiger charge is -2.31. The molecule has 0 saturated carbocycles. The first-order valence-electron chi connectivity index (χ1n) is 4.54. The van der Waals surface area contributed by atoms with Crippen molar-refractivity contribution in [3.05, 3.63) is 0 Å². The topological polar surface area (TPSA) is 78.9 Å². The van der Waals surface area contributed by atoms with Gasteiger partial charge in [-0.15, -0.1) is 0 Å². The van der Waals surface area contributed by atoms with Crippen LogP contribution >= 0.6 is 0 Å². The Labute approximate surface area is 86.5 Å². The van der Waals surface area contributed by atoms with Crippen LogP contribution in [0.1, 0.15) is 26.7 Å². The number of hydrogen-bond acceptors (Lipinski definition) is 6. The lowest BCUT2D eigenvalue weighted by molar-refractivity contribution is -0.240. The molecule has 0 aliphatic carbocycles. The van der Waals surface area contributed by atoms with Crippen LogP contribution in [0.4, 0.5) is 0 Å². The van der Waals surface area contributed by atoms with Crippen molar-refractivity contribution < 1.29 is 28.6 Å². The summed E-state index contributed by atoms with van der Waals surface area (Å²) in [5.74, 6) is -3.50. The molecule has 1 saturated heterocycles. The number of ether oxygens (including phenoxy) is 3. The third-order valence-corrected chi connectivity index (χ3v) is 1.72. The summed E-state index contributed by atoms with van der Waals surface area (Å²) >= 11 is 0. The Morgan fingerprint density at radius 2 is 1.93 bits per heavy atom. The first kappa shape index (κ1) is 11.5. The van der Waals surface area contributed by atoms with Gasteiger partial charge in [0, 0.05) is 6.92 Å². The molecular weight excluding hydrogens is 204 g/mol. The molecule has 0 N–H and O–H groups in total. The fourth-order valence-electron chi connectivity index (χ4n) is 1.24. The van der Waals surface area contributed by atoms with Crippen molar-refractivity contribution in [2.45, 2.75) is 32.5 Å². The first-order chi connectivity index (χ1) is 6.95. The molecule has 1 aliphatic heterocycles. The van der Waals surface area contributed by atoms with E-state index in [-0.39, 0.29) is 13.0 Å². The Morgan fingerprint density at radius 1 is 1.40 bits per heavy atom. The molecular formula is C9H12O6. The Bertz CT molecular complexity index is 279. The third kappa shape index (κ3) is 3.23. The summed E-state index contributed by atoms with van der Waals surface area (Å²) in [5.41, 5.74) is 0. The second-order valence-electron chi connectivity index (χ2n) is 3.24. The molecule has 6 nitrogen and oxygen atoms in total. The SMILES string of the molecule is CCOC(=O)CC1(C)OC(=O)CC(=O)O1. The molecule has 0 aromatic rings. The molecule has 0 bridgehead atoms. The Kier molecular flexibility index (Phi) is 3.28. The molecule has 84 valence electrons. The van der Waals surface area contributed by atoms with E-state index in [0.717, 1.165) is 0 Å². The van der Waals surface area contributed by atoms with E-state index in [1.165, 1.54) is 6.92 Å². The predicted molar refractivity (Wildman–Crippen MR) is 46.5 cm³/mol. The average molecular weight is 216 g/mol. The third-order valence-electron chi connectivity index (χ3n) is 1.72. The first-order valence-corrected chi connectivity index (χ1v) is 4.54. The number of hydrogen-bond donors (Lipinski definition) is 0. The Morgan fingerprint density at radius 3 is 2.40 bits per heavy atom. The fourth-order valence-corrected chi connectivity index (χ4v) is 1.24. The highest BCUT2D eigenvalue weighted by Gasteiger charge is 2.41. The van der Waals surface area contributed by atoms with Crippen molar-refractivity contribution >= 4 is 17.9 Å². The summed E-state index contributed by atoms with van der Waals surface area (Å²) in [4.78, 5) is 33.0. The molecule has 0 amide bonds. The maximum atomic E-state index is 11.1. The zero-order valence-electron chi connectivity index (χ0n) is 8.57. The molecule has 1 rings (SSSR count). The molecule has 0 radical (unpaired) electrons.